The Balaban J connectivity index is 3.06. The fourth-order valence-electron chi connectivity index (χ4n) is 4.17. The van der Waals surface area contributed by atoms with Crippen molar-refractivity contribution in [3.05, 3.63) is 30.1 Å². The van der Waals surface area contributed by atoms with Gasteiger partial charge in [0.25, 0.3) is 5.91 Å². The Morgan fingerprint density at radius 1 is 0.949 bits per heavy atom. The third kappa shape index (κ3) is 12.9. The molecule has 1 aromatic heterocycles. The predicted molar refractivity (Wildman–Crippen MR) is 147 cm³/mol. The van der Waals surface area contributed by atoms with Gasteiger partial charge in [-0.1, -0.05) is 48.0 Å². The van der Waals surface area contributed by atoms with Gasteiger partial charge >= 0.3 is 0 Å². The number of aromatic nitrogens is 1. The maximum Gasteiger partial charge on any atom is 0.252 e. The lowest BCUT2D eigenvalue weighted by Gasteiger charge is -2.30. The molecule has 0 spiro atoms. The Morgan fingerprint density at radius 3 is 2.05 bits per heavy atom. The normalized spacial score (nSPS) is 14.6. The van der Waals surface area contributed by atoms with Crippen LogP contribution in [0.25, 0.3) is 0 Å². The summed E-state index contributed by atoms with van der Waals surface area (Å²) >= 11 is 0. The summed E-state index contributed by atoms with van der Waals surface area (Å²) in [5.74, 6) is -1.60. The molecule has 6 N–H and O–H groups in total. The highest BCUT2D eigenvalue weighted by Crippen LogP contribution is 2.21. The molecule has 0 aliphatic heterocycles. The lowest BCUT2D eigenvalue weighted by atomic mass is 9.87. The number of aliphatic hydroxyl groups excluding tert-OH is 1. The number of nitrogens with zero attached hydrogens (tertiary/aromatic N) is 1. The molecule has 11 heteroatoms. The van der Waals surface area contributed by atoms with Crippen molar-refractivity contribution in [2.24, 2.45) is 11.3 Å². The number of pyridine rings is 1. The van der Waals surface area contributed by atoms with Crippen molar-refractivity contribution < 1.29 is 34.2 Å². The molecule has 0 aromatic carbocycles. The predicted octanol–water partition coefficient (Wildman–Crippen LogP) is 1.45. The molecule has 0 saturated heterocycles. The van der Waals surface area contributed by atoms with Crippen molar-refractivity contribution in [2.45, 2.75) is 105 Å². The van der Waals surface area contributed by atoms with E-state index >= 15 is 0 Å². The highest BCUT2D eigenvalue weighted by Gasteiger charge is 2.32. The second-order valence-electron chi connectivity index (χ2n) is 11.6. The van der Waals surface area contributed by atoms with Gasteiger partial charge in [-0.15, -0.1) is 0 Å². The Hall–Kier alpha value is -3.21. The third-order valence-corrected chi connectivity index (χ3v) is 6.01. The van der Waals surface area contributed by atoms with Crippen LogP contribution in [-0.2, 0) is 14.4 Å². The number of hydrogen-bond acceptors (Lipinski definition) is 6. The minimum atomic E-state index is -1.09. The fourth-order valence-corrected chi connectivity index (χ4v) is 4.17. The summed E-state index contributed by atoms with van der Waals surface area (Å²) < 4.78 is 0.809. The maximum absolute atomic E-state index is 13.4. The molecule has 1 aromatic rings. The first-order chi connectivity index (χ1) is 18.2. The number of carbonyl (C=O) groups is 4. The van der Waals surface area contributed by atoms with Crippen molar-refractivity contribution in [2.75, 3.05) is 6.54 Å². The van der Waals surface area contributed by atoms with E-state index in [4.69, 9.17) is 0 Å². The molecule has 0 fully saturated rings. The molecule has 0 unspecified atom stereocenters. The lowest BCUT2D eigenvalue weighted by Crippen LogP contribution is -2.57. The number of nitrogens with one attached hydrogen (secondary N) is 4. The zero-order chi connectivity index (χ0) is 29.8. The van der Waals surface area contributed by atoms with Crippen LogP contribution in [0.2, 0.25) is 0 Å². The maximum atomic E-state index is 13.4. The first kappa shape index (κ1) is 33.8. The van der Waals surface area contributed by atoms with Crippen molar-refractivity contribution in [1.82, 2.24) is 21.3 Å². The van der Waals surface area contributed by atoms with E-state index in [-0.39, 0.29) is 29.2 Å². The van der Waals surface area contributed by atoms with Crippen molar-refractivity contribution in [3.8, 4) is 0 Å². The fraction of sp³-hybridized carbons (Fsp3) is 0.679. The quantitative estimate of drug-likeness (QED) is 0.143. The molecule has 11 nitrogen and oxygen atoms in total. The summed E-state index contributed by atoms with van der Waals surface area (Å²) in [5.41, 5.74) is -0.0406. The number of carbonyl (C=O) groups excluding carboxylic acids is 4. The Labute approximate surface area is 232 Å². The highest BCUT2D eigenvalue weighted by molar-refractivity contribution is 5.98. The molecule has 0 aliphatic carbocycles. The molecule has 0 bridgehead atoms. The smallest absolute Gasteiger partial charge is 0.252 e. The van der Waals surface area contributed by atoms with Gasteiger partial charge in [-0.05, 0) is 37.5 Å². The zero-order valence-corrected chi connectivity index (χ0v) is 24.4. The van der Waals surface area contributed by atoms with Gasteiger partial charge in [0.2, 0.25) is 30.1 Å². The van der Waals surface area contributed by atoms with E-state index in [2.05, 4.69) is 21.3 Å². The molecule has 0 radical (unpaired) electrons. The molecule has 0 saturated carbocycles. The zero-order valence-electron chi connectivity index (χ0n) is 24.4. The van der Waals surface area contributed by atoms with Gasteiger partial charge in [-0.25, -0.2) is 0 Å². The molecule has 39 heavy (non-hydrogen) atoms. The second kappa shape index (κ2) is 16.0. The molecule has 4 atom stereocenters. The van der Waals surface area contributed by atoms with Crippen LogP contribution in [-0.4, -0.2) is 64.7 Å². The van der Waals surface area contributed by atoms with E-state index in [1.54, 1.807) is 6.92 Å². The summed E-state index contributed by atoms with van der Waals surface area (Å²) in [7, 11) is 0. The number of aliphatic hydroxyl groups is 1. The van der Waals surface area contributed by atoms with E-state index in [0.29, 0.717) is 32.2 Å². The largest absolute Gasteiger partial charge is 0.390 e. The van der Waals surface area contributed by atoms with Gasteiger partial charge in [-0.3, -0.25) is 24.4 Å². The average molecular weight is 551 g/mol. The number of hydrogen-bond donors (Lipinski definition) is 6. The summed E-state index contributed by atoms with van der Waals surface area (Å²) in [6.45, 7) is 13.9. The van der Waals surface area contributed by atoms with Crippen molar-refractivity contribution in [1.29, 1.82) is 0 Å². The number of amides is 4. The van der Waals surface area contributed by atoms with Gasteiger partial charge in [0.1, 0.15) is 12.1 Å². The van der Waals surface area contributed by atoms with E-state index in [1.165, 1.54) is 24.5 Å². The summed E-state index contributed by atoms with van der Waals surface area (Å²) in [6, 6.07) is 0.374. The Morgan fingerprint density at radius 2 is 1.54 bits per heavy atom. The van der Waals surface area contributed by atoms with Crippen LogP contribution in [0.15, 0.2) is 24.5 Å². The molecule has 1 rings (SSSR count). The van der Waals surface area contributed by atoms with Crippen LogP contribution >= 0.6 is 0 Å². The van der Waals surface area contributed by atoms with Crippen LogP contribution < -0.4 is 26.0 Å². The van der Waals surface area contributed by atoms with E-state index < -0.39 is 42.0 Å². The standard InChI is InChI=1S/C28H47N5O6/c1-8-10-20(26(37)31-21(15-18(3)4)23(34)16-24(35)29-9-2)30-27(38)22(17-28(5,6)7)32-25(36)19-11-13-33(39)14-12-19/h11-14,18,20-23,34H,8-10,15-17H2,1-7H3,(H4-,29,30,31,32,35,36,37,38,39)/p+1/t20-,21-,22-,23-/m0/s1. The van der Waals surface area contributed by atoms with Gasteiger partial charge < -0.3 is 26.4 Å². The first-order valence-electron chi connectivity index (χ1n) is 13.7. The highest BCUT2D eigenvalue weighted by atomic mass is 16.5. The van der Waals surface area contributed by atoms with Gasteiger partial charge in [-0.2, -0.15) is 0 Å². The Kier molecular flexibility index (Phi) is 13.9. The Bertz CT molecular complexity index is 945. The molecular formula is C28H48N5O6+. The SMILES string of the molecule is CCC[C@H](NC(=O)[C@H](CC(C)(C)C)NC(=O)c1cc[n+](O)cc1)C(=O)N[C@@H](CC(C)C)[C@@H](O)CC(=O)NCC. The summed E-state index contributed by atoms with van der Waals surface area (Å²) in [5, 5.41) is 31.2. The average Bonchev–Trinajstić information content (AvgIpc) is 2.82. The van der Waals surface area contributed by atoms with Crippen molar-refractivity contribution in [3.63, 3.8) is 0 Å². The van der Waals surface area contributed by atoms with Crippen LogP contribution in [0.4, 0.5) is 0 Å². The molecule has 1 heterocycles. The monoisotopic (exact) mass is 550 g/mol. The topological polar surface area (TPSA) is 161 Å². The van der Waals surface area contributed by atoms with Crippen LogP contribution in [0.5, 0.6) is 0 Å². The van der Waals surface area contributed by atoms with Crippen LogP contribution in [0, 0.1) is 11.3 Å². The molecular weight excluding hydrogens is 502 g/mol. The first-order valence-corrected chi connectivity index (χ1v) is 13.7. The van der Waals surface area contributed by atoms with Crippen LogP contribution in [0.3, 0.4) is 0 Å². The molecule has 0 aliphatic rings. The summed E-state index contributed by atoms with van der Waals surface area (Å²) in [6.07, 6.45) is 3.11. The lowest BCUT2D eigenvalue weighted by molar-refractivity contribution is -0.904. The molecule has 4 amide bonds. The van der Waals surface area contributed by atoms with E-state index in [1.807, 2.05) is 41.5 Å². The van der Waals surface area contributed by atoms with Gasteiger partial charge in [0, 0.05) is 23.4 Å². The van der Waals surface area contributed by atoms with E-state index in [0.717, 1.165) is 4.73 Å². The third-order valence-electron chi connectivity index (χ3n) is 6.01. The van der Waals surface area contributed by atoms with E-state index in [9.17, 15) is 29.5 Å². The van der Waals surface area contributed by atoms with Crippen LogP contribution in [0.1, 0.15) is 90.9 Å². The minimum absolute atomic E-state index is 0.142. The minimum Gasteiger partial charge on any atom is -0.390 e. The molecule has 220 valence electrons. The van der Waals surface area contributed by atoms with Gasteiger partial charge in [0.05, 0.1) is 24.1 Å². The number of rotatable bonds is 15. The second-order valence-corrected chi connectivity index (χ2v) is 11.6. The van der Waals surface area contributed by atoms with Gasteiger partial charge in [0.15, 0.2) is 0 Å². The van der Waals surface area contributed by atoms with Crippen molar-refractivity contribution >= 4 is 23.6 Å². The summed E-state index contributed by atoms with van der Waals surface area (Å²) in [4.78, 5) is 51.6.